The van der Waals surface area contributed by atoms with Crippen LogP contribution in [-0.2, 0) is 19.5 Å². The third-order valence-corrected chi connectivity index (χ3v) is 3.69. The van der Waals surface area contributed by atoms with Gasteiger partial charge in [0.05, 0.1) is 18.6 Å². The summed E-state index contributed by atoms with van der Waals surface area (Å²) >= 11 is 0. The number of hydrogen-bond acceptors (Lipinski definition) is 3. The summed E-state index contributed by atoms with van der Waals surface area (Å²) in [5.74, 6) is 0.264. The Kier molecular flexibility index (Phi) is 4.19. The third kappa shape index (κ3) is 3.63. The summed E-state index contributed by atoms with van der Waals surface area (Å²) in [7, 11) is 0. The molecular formula is C18H20N4O. The number of aromatic hydroxyl groups is 1. The highest BCUT2D eigenvalue weighted by atomic mass is 16.3. The number of phenolic OH excluding ortho intramolecular Hbond substituents is 1. The van der Waals surface area contributed by atoms with Gasteiger partial charge in [-0.05, 0) is 29.8 Å². The van der Waals surface area contributed by atoms with Gasteiger partial charge in [0.25, 0.3) is 0 Å². The van der Waals surface area contributed by atoms with E-state index >= 15 is 0 Å². The zero-order chi connectivity index (χ0) is 16.2. The molecule has 2 heterocycles. The fraction of sp³-hybridized carbons (Fsp3) is 0.167. The van der Waals surface area contributed by atoms with Crippen molar-refractivity contribution >= 4 is 0 Å². The van der Waals surface area contributed by atoms with Crippen LogP contribution in [0.15, 0.2) is 67.4 Å². The predicted octanol–water partition coefficient (Wildman–Crippen LogP) is 2.50. The molecule has 0 spiro atoms. The summed E-state index contributed by atoms with van der Waals surface area (Å²) in [6.45, 7) is 5.15. The Hall–Kier alpha value is -2.95. The predicted molar refractivity (Wildman–Crippen MR) is 90.0 cm³/mol. The topological polar surface area (TPSA) is 69.0 Å². The maximum absolute atomic E-state index is 9.62. The van der Waals surface area contributed by atoms with Gasteiger partial charge in [0.15, 0.2) is 0 Å². The number of benzene rings is 1. The molecule has 0 fully saturated rings. The van der Waals surface area contributed by atoms with Crippen LogP contribution in [0.1, 0.15) is 17.0 Å². The Bertz CT molecular complexity index is 802. The molecule has 2 aromatic heterocycles. The van der Waals surface area contributed by atoms with E-state index in [4.69, 9.17) is 5.73 Å². The number of phenols is 1. The maximum atomic E-state index is 9.62. The highest BCUT2D eigenvalue weighted by Crippen LogP contribution is 2.17. The van der Waals surface area contributed by atoms with Crippen molar-refractivity contribution in [1.29, 1.82) is 0 Å². The smallest absolute Gasteiger partial charge is 0.115 e. The molecule has 3 rings (SSSR count). The molecule has 0 unspecified atom stereocenters. The standard InChI is InChI=1S/C18H20N4O/c1-14(19)9-18-17(12-21-7-2-3-8-21)20-13-22(18)11-15-5-4-6-16(23)10-15/h2-8,10,13,23H,1,9,11-12,19H2. The van der Waals surface area contributed by atoms with E-state index < -0.39 is 0 Å². The Morgan fingerprint density at radius 3 is 2.65 bits per heavy atom. The highest BCUT2D eigenvalue weighted by molar-refractivity contribution is 5.28. The van der Waals surface area contributed by atoms with E-state index in [0.29, 0.717) is 25.2 Å². The fourth-order valence-electron chi connectivity index (χ4n) is 2.64. The first-order valence-electron chi connectivity index (χ1n) is 7.46. The van der Waals surface area contributed by atoms with E-state index in [1.165, 1.54) is 0 Å². The molecule has 0 atom stereocenters. The minimum atomic E-state index is 0.264. The van der Waals surface area contributed by atoms with Gasteiger partial charge in [-0.3, -0.25) is 0 Å². The van der Waals surface area contributed by atoms with E-state index in [1.807, 2.05) is 43.0 Å². The molecule has 0 amide bonds. The Morgan fingerprint density at radius 1 is 1.17 bits per heavy atom. The lowest BCUT2D eigenvalue weighted by Crippen LogP contribution is -2.10. The minimum absolute atomic E-state index is 0.264. The molecule has 0 saturated carbocycles. The molecule has 5 nitrogen and oxygen atoms in total. The monoisotopic (exact) mass is 308 g/mol. The number of nitrogens with two attached hydrogens (primary N) is 1. The summed E-state index contributed by atoms with van der Waals surface area (Å²) in [5, 5.41) is 9.62. The number of hydrogen-bond donors (Lipinski definition) is 2. The summed E-state index contributed by atoms with van der Waals surface area (Å²) in [4.78, 5) is 4.55. The first kappa shape index (κ1) is 15.0. The van der Waals surface area contributed by atoms with Crippen LogP contribution in [0.3, 0.4) is 0 Å². The van der Waals surface area contributed by atoms with E-state index in [-0.39, 0.29) is 5.75 Å². The number of nitrogens with zero attached hydrogens (tertiary/aromatic N) is 3. The molecule has 5 heteroatoms. The van der Waals surface area contributed by atoms with Gasteiger partial charge in [-0.2, -0.15) is 0 Å². The van der Waals surface area contributed by atoms with Gasteiger partial charge in [0, 0.05) is 36.8 Å². The first-order valence-corrected chi connectivity index (χ1v) is 7.46. The first-order chi connectivity index (χ1) is 11.1. The number of imidazole rings is 1. The molecular weight excluding hydrogens is 288 g/mol. The summed E-state index contributed by atoms with van der Waals surface area (Å²) in [6.07, 6.45) is 6.42. The second kappa shape index (κ2) is 6.44. The van der Waals surface area contributed by atoms with Gasteiger partial charge in [-0.1, -0.05) is 18.7 Å². The molecule has 3 aromatic rings. The zero-order valence-corrected chi connectivity index (χ0v) is 12.9. The van der Waals surface area contributed by atoms with Crippen LogP contribution in [0, 0.1) is 0 Å². The van der Waals surface area contributed by atoms with Crippen LogP contribution in [0.2, 0.25) is 0 Å². The van der Waals surface area contributed by atoms with E-state index in [0.717, 1.165) is 17.0 Å². The normalized spacial score (nSPS) is 10.8. The third-order valence-electron chi connectivity index (χ3n) is 3.69. The van der Waals surface area contributed by atoms with Crippen LogP contribution in [-0.4, -0.2) is 19.2 Å². The van der Waals surface area contributed by atoms with Gasteiger partial charge in [-0.15, -0.1) is 0 Å². The number of aromatic nitrogens is 3. The van der Waals surface area contributed by atoms with Crippen molar-refractivity contribution in [2.45, 2.75) is 19.5 Å². The van der Waals surface area contributed by atoms with Crippen molar-refractivity contribution in [3.63, 3.8) is 0 Å². The molecule has 23 heavy (non-hydrogen) atoms. The van der Waals surface area contributed by atoms with Crippen LogP contribution in [0.5, 0.6) is 5.75 Å². The SMILES string of the molecule is C=C(N)Cc1c(Cn2cccc2)ncn1Cc1cccc(O)c1. The molecule has 0 radical (unpaired) electrons. The Balaban J connectivity index is 1.89. The van der Waals surface area contributed by atoms with Crippen LogP contribution in [0.25, 0.3) is 0 Å². The van der Waals surface area contributed by atoms with Gasteiger partial charge >= 0.3 is 0 Å². The van der Waals surface area contributed by atoms with Crippen molar-refractivity contribution in [2.75, 3.05) is 0 Å². The largest absolute Gasteiger partial charge is 0.508 e. The van der Waals surface area contributed by atoms with Crippen LogP contribution >= 0.6 is 0 Å². The second-order valence-electron chi connectivity index (χ2n) is 5.63. The molecule has 0 aliphatic heterocycles. The molecule has 1 aromatic carbocycles. The van der Waals surface area contributed by atoms with Gasteiger partial charge in [0.1, 0.15) is 5.75 Å². The minimum Gasteiger partial charge on any atom is -0.508 e. The lowest BCUT2D eigenvalue weighted by molar-refractivity contribution is 0.474. The van der Waals surface area contributed by atoms with Crippen molar-refractivity contribution in [2.24, 2.45) is 5.73 Å². The van der Waals surface area contributed by atoms with Gasteiger partial charge in [0.2, 0.25) is 0 Å². The highest BCUT2D eigenvalue weighted by Gasteiger charge is 2.12. The molecule has 0 aliphatic rings. The van der Waals surface area contributed by atoms with Crippen molar-refractivity contribution in [3.05, 3.63) is 84.3 Å². The van der Waals surface area contributed by atoms with E-state index in [2.05, 4.69) is 20.7 Å². The lowest BCUT2D eigenvalue weighted by atomic mass is 10.1. The fourth-order valence-corrected chi connectivity index (χ4v) is 2.64. The number of rotatable bonds is 6. The molecule has 0 aliphatic carbocycles. The Labute approximate surface area is 135 Å². The summed E-state index contributed by atoms with van der Waals surface area (Å²) in [6, 6.07) is 11.2. The maximum Gasteiger partial charge on any atom is 0.115 e. The number of allylic oxidation sites excluding steroid dienone is 1. The summed E-state index contributed by atoms with van der Waals surface area (Å²) in [5.41, 5.74) is 9.48. The van der Waals surface area contributed by atoms with Gasteiger partial charge < -0.3 is 20.0 Å². The van der Waals surface area contributed by atoms with Crippen molar-refractivity contribution in [3.8, 4) is 5.75 Å². The quantitative estimate of drug-likeness (QED) is 0.735. The van der Waals surface area contributed by atoms with Gasteiger partial charge in [-0.25, -0.2) is 4.98 Å². The van der Waals surface area contributed by atoms with Crippen molar-refractivity contribution in [1.82, 2.24) is 14.1 Å². The average Bonchev–Trinajstić information content (AvgIpc) is 3.12. The van der Waals surface area contributed by atoms with E-state index in [1.54, 1.807) is 12.1 Å². The van der Waals surface area contributed by atoms with Crippen LogP contribution in [0.4, 0.5) is 0 Å². The molecule has 0 bridgehead atoms. The summed E-state index contributed by atoms with van der Waals surface area (Å²) < 4.78 is 4.13. The zero-order valence-electron chi connectivity index (χ0n) is 12.9. The molecule has 3 N–H and O–H groups in total. The molecule has 118 valence electrons. The van der Waals surface area contributed by atoms with Crippen molar-refractivity contribution < 1.29 is 5.11 Å². The lowest BCUT2D eigenvalue weighted by Gasteiger charge is -2.11. The van der Waals surface area contributed by atoms with Crippen LogP contribution < -0.4 is 5.73 Å². The molecule has 0 saturated heterocycles. The Morgan fingerprint density at radius 2 is 1.96 bits per heavy atom. The van der Waals surface area contributed by atoms with E-state index in [9.17, 15) is 5.11 Å². The average molecular weight is 308 g/mol. The second-order valence-corrected chi connectivity index (χ2v) is 5.63.